The van der Waals surface area contributed by atoms with Crippen molar-refractivity contribution in [2.24, 2.45) is 5.92 Å². The minimum atomic E-state index is -3.47. The third kappa shape index (κ3) is 5.06. The molecule has 2 aromatic carbocycles. The molecule has 0 aliphatic carbocycles. The molecule has 6 nitrogen and oxygen atoms in total. The Labute approximate surface area is 190 Å². The van der Waals surface area contributed by atoms with E-state index in [1.54, 1.807) is 0 Å². The maximum atomic E-state index is 15.4. The smallest absolute Gasteiger partial charge is 0.299 e. The molecule has 1 heterocycles. The summed E-state index contributed by atoms with van der Waals surface area (Å²) >= 11 is 6.09. The van der Waals surface area contributed by atoms with Crippen molar-refractivity contribution in [3.8, 4) is 5.75 Å². The Balaban J connectivity index is 1.90. The molecule has 4 N–H and O–H groups in total. The van der Waals surface area contributed by atoms with Gasteiger partial charge < -0.3 is 29.9 Å². The molecule has 0 radical (unpaired) electrons. The Morgan fingerprint density at radius 1 is 1.03 bits per heavy atom. The lowest BCUT2D eigenvalue weighted by molar-refractivity contribution is -0.231. The lowest BCUT2D eigenvalue weighted by atomic mass is 9.89. The Hall–Kier alpha value is -1.81. The Morgan fingerprint density at radius 3 is 2.28 bits per heavy atom. The quantitative estimate of drug-likeness (QED) is 0.494. The average Bonchev–Trinajstić information content (AvgIpc) is 2.77. The van der Waals surface area contributed by atoms with Crippen molar-refractivity contribution in [2.75, 3.05) is 13.2 Å². The molecular weight excluding hydrogens is 446 g/mol. The molecule has 1 aliphatic rings. The van der Waals surface area contributed by atoms with E-state index in [0.29, 0.717) is 18.3 Å². The summed E-state index contributed by atoms with van der Waals surface area (Å²) < 4.78 is 41.7. The molecule has 1 saturated heterocycles. The van der Waals surface area contributed by atoms with Crippen LogP contribution in [0, 0.1) is 5.92 Å². The maximum absolute atomic E-state index is 15.4. The molecule has 0 saturated carbocycles. The predicted molar refractivity (Wildman–Crippen MR) is 114 cm³/mol. The zero-order chi connectivity index (χ0) is 23.6. The Kier molecular flexibility index (Phi) is 7.75. The van der Waals surface area contributed by atoms with Crippen LogP contribution in [0.25, 0.3) is 0 Å². The zero-order valence-corrected chi connectivity index (χ0v) is 18.4. The van der Waals surface area contributed by atoms with E-state index < -0.39 is 48.6 Å². The molecule has 0 spiro atoms. The minimum absolute atomic E-state index is 0.123. The van der Waals surface area contributed by atoms with E-state index >= 15 is 8.78 Å². The van der Waals surface area contributed by atoms with Gasteiger partial charge in [0, 0.05) is 11.1 Å². The highest BCUT2D eigenvalue weighted by atomic mass is 35.5. The molecule has 0 amide bonds. The monoisotopic (exact) mass is 472 g/mol. The van der Waals surface area contributed by atoms with Crippen LogP contribution in [0.2, 0.25) is 5.02 Å². The van der Waals surface area contributed by atoms with Crippen LogP contribution in [0.1, 0.15) is 36.6 Å². The summed E-state index contributed by atoms with van der Waals surface area (Å²) in [6.07, 6.45) is -7.16. The summed E-state index contributed by atoms with van der Waals surface area (Å²) in [6, 6.07) is 9.17. The number of hydrogen-bond acceptors (Lipinski definition) is 6. The van der Waals surface area contributed by atoms with Gasteiger partial charge in [0.05, 0.1) is 18.2 Å². The third-order valence-electron chi connectivity index (χ3n) is 5.35. The van der Waals surface area contributed by atoms with Crippen LogP contribution in [0.5, 0.6) is 5.75 Å². The number of aliphatic hydroxyl groups is 4. The second-order valence-corrected chi connectivity index (χ2v) is 8.70. The summed E-state index contributed by atoms with van der Waals surface area (Å²) in [6.45, 7) is 3.80. The third-order valence-corrected chi connectivity index (χ3v) is 5.68. The van der Waals surface area contributed by atoms with Gasteiger partial charge in [0.25, 0.3) is 5.92 Å². The van der Waals surface area contributed by atoms with Crippen LogP contribution < -0.4 is 4.74 Å². The first-order chi connectivity index (χ1) is 15.1. The van der Waals surface area contributed by atoms with E-state index in [4.69, 9.17) is 21.1 Å². The van der Waals surface area contributed by atoms with Gasteiger partial charge in [0.1, 0.15) is 36.3 Å². The van der Waals surface area contributed by atoms with E-state index in [0.717, 1.165) is 6.07 Å². The van der Waals surface area contributed by atoms with Crippen LogP contribution in [0.3, 0.4) is 0 Å². The molecule has 3 rings (SSSR count). The summed E-state index contributed by atoms with van der Waals surface area (Å²) in [5, 5.41) is 39.5. The second-order valence-electron chi connectivity index (χ2n) is 8.29. The van der Waals surface area contributed by atoms with Crippen molar-refractivity contribution < 1.29 is 38.7 Å². The average molecular weight is 473 g/mol. The van der Waals surface area contributed by atoms with Gasteiger partial charge in [-0.2, -0.15) is 8.78 Å². The first kappa shape index (κ1) is 24.8. The van der Waals surface area contributed by atoms with E-state index in [2.05, 4.69) is 0 Å². The molecule has 9 heteroatoms. The molecular formula is C23H27ClF2O6. The highest BCUT2D eigenvalue weighted by Gasteiger charge is 2.45. The highest BCUT2D eigenvalue weighted by molar-refractivity contribution is 6.31. The van der Waals surface area contributed by atoms with Crippen molar-refractivity contribution in [1.29, 1.82) is 0 Å². The van der Waals surface area contributed by atoms with Gasteiger partial charge in [0.15, 0.2) is 0 Å². The normalized spacial score (nSPS) is 26.4. The first-order valence-electron chi connectivity index (χ1n) is 10.3. The van der Waals surface area contributed by atoms with Gasteiger partial charge in [-0.15, -0.1) is 0 Å². The molecule has 5 atom stereocenters. The van der Waals surface area contributed by atoms with Crippen LogP contribution in [-0.2, 0) is 10.7 Å². The fourth-order valence-electron chi connectivity index (χ4n) is 3.52. The number of ether oxygens (including phenoxy) is 2. The summed E-state index contributed by atoms with van der Waals surface area (Å²) in [7, 11) is 0. The molecule has 0 aromatic heterocycles. The number of aliphatic hydroxyl groups excluding tert-OH is 4. The van der Waals surface area contributed by atoms with Gasteiger partial charge in [-0.3, -0.25) is 0 Å². The number of benzene rings is 2. The van der Waals surface area contributed by atoms with E-state index in [-0.39, 0.29) is 16.1 Å². The van der Waals surface area contributed by atoms with E-state index in [1.165, 1.54) is 36.4 Å². The van der Waals surface area contributed by atoms with Gasteiger partial charge in [-0.05, 0) is 47.9 Å². The van der Waals surface area contributed by atoms with Gasteiger partial charge in [0.2, 0.25) is 0 Å². The van der Waals surface area contributed by atoms with Crippen LogP contribution in [-0.4, -0.2) is 58.1 Å². The zero-order valence-electron chi connectivity index (χ0n) is 17.7. The number of rotatable bonds is 7. The first-order valence-corrected chi connectivity index (χ1v) is 10.7. The number of alkyl halides is 2. The topological polar surface area (TPSA) is 99.4 Å². The standard InChI is InChI=1S/C23H27ClF2O6/c1-12(2)11-31-15-6-4-14(5-7-15)23(25,26)16-9-13(3-8-17(16)24)22-21(30)20(29)19(28)18(10-27)32-22/h3-9,12,18-22,27-30H,10-11H2,1-2H3/t18-,19-,20+,21-,22+/m1/s1. The molecule has 176 valence electrons. The lowest BCUT2D eigenvalue weighted by Crippen LogP contribution is -2.55. The summed E-state index contributed by atoms with van der Waals surface area (Å²) in [5.74, 6) is -2.71. The fraction of sp³-hybridized carbons (Fsp3) is 0.478. The largest absolute Gasteiger partial charge is 0.493 e. The van der Waals surface area contributed by atoms with Gasteiger partial charge in [-0.1, -0.05) is 31.5 Å². The van der Waals surface area contributed by atoms with Crippen molar-refractivity contribution >= 4 is 11.6 Å². The summed E-state index contributed by atoms with van der Waals surface area (Å²) in [4.78, 5) is 0. The molecule has 1 fully saturated rings. The van der Waals surface area contributed by atoms with Crippen molar-refractivity contribution in [1.82, 2.24) is 0 Å². The Morgan fingerprint density at radius 2 is 1.69 bits per heavy atom. The molecule has 2 aromatic rings. The lowest BCUT2D eigenvalue weighted by Gasteiger charge is -2.40. The van der Waals surface area contributed by atoms with Crippen molar-refractivity contribution in [2.45, 2.75) is 50.3 Å². The van der Waals surface area contributed by atoms with E-state index in [9.17, 15) is 20.4 Å². The van der Waals surface area contributed by atoms with Gasteiger partial charge >= 0.3 is 0 Å². The molecule has 1 aliphatic heterocycles. The van der Waals surface area contributed by atoms with Crippen molar-refractivity contribution in [3.05, 3.63) is 64.2 Å². The van der Waals surface area contributed by atoms with Crippen LogP contribution in [0.4, 0.5) is 8.78 Å². The highest BCUT2D eigenvalue weighted by Crippen LogP contribution is 2.42. The van der Waals surface area contributed by atoms with Crippen LogP contribution >= 0.6 is 11.6 Å². The molecule has 0 unspecified atom stereocenters. The summed E-state index contributed by atoms with van der Waals surface area (Å²) in [5.41, 5.74) is -0.690. The van der Waals surface area contributed by atoms with Crippen LogP contribution in [0.15, 0.2) is 42.5 Å². The van der Waals surface area contributed by atoms with E-state index in [1.807, 2.05) is 13.8 Å². The van der Waals surface area contributed by atoms with Gasteiger partial charge in [-0.25, -0.2) is 0 Å². The van der Waals surface area contributed by atoms with Crippen molar-refractivity contribution in [3.63, 3.8) is 0 Å². The maximum Gasteiger partial charge on any atom is 0.299 e. The fourth-order valence-corrected chi connectivity index (χ4v) is 3.75. The Bertz CT molecular complexity index is 906. The number of halogens is 3. The predicted octanol–water partition coefficient (Wildman–Crippen LogP) is 3.03. The SMILES string of the molecule is CC(C)COc1ccc(C(F)(F)c2cc([C@@H]3O[C@H](CO)[C@@H](O)[C@H](O)[C@H]3O)ccc2Cl)cc1. The minimum Gasteiger partial charge on any atom is -0.493 e. The molecule has 32 heavy (non-hydrogen) atoms. The molecule has 0 bridgehead atoms. The number of hydrogen-bond donors (Lipinski definition) is 4. The second kappa shape index (κ2) is 9.99.